The maximum atomic E-state index is 11.0. The molecule has 0 amide bonds. The smallest absolute Gasteiger partial charge is 0.191 e. The average molecular weight is 366 g/mol. The van der Waals surface area contributed by atoms with Gasteiger partial charge in [0.15, 0.2) is 5.96 Å². The van der Waals surface area contributed by atoms with Crippen LogP contribution in [0.2, 0.25) is 0 Å². The molecule has 1 aliphatic carbocycles. The molecule has 1 aliphatic rings. The fourth-order valence-electron chi connectivity index (χ4n) is 2.51. The molecule has 2 unspecified atom stereocenters. The number of nitrogens with one attached hydrogen (secondary N) is 2. The number of aliphatic imine (C=N–C) groups is 1. The van der Waals surface area contributed by atoms with Crippen LogP contribution >= 0.6 is 11.8 Å². The van der Waals surface area contributed by atoms with Crippen LogP contribution in [0.4, 0.5) is 0 Å². The van der Waals surface area contributed by atoms with E-state index in [1.54, 1.807) is 0 Å². The summed E-state index contributed by atoms with van der Waals surface area (Å²) in [5.41, 5.74) is 0. The molecule has 136 valence electrons. The SMILES string of the molecule is CCNC(=NCCOCCS(C)(=O)=O)NC1CCC(SCC)C1. The highest BCUT2D eigenvalue weighted by Crippen LogP contribution is 2.29. The summed E-state index contributed by atoms with van der Waals surface area (Å²) in [6.07, 6.45) is 4.86. The Morgan fingerprint density at radius 1 is 1.30 bits per heavy atom. The third-order valence-corrected chi connectivity index (χ3v) is 5.72. The minimum absolute atomic E-state index is 0.0631. The topological polar surface area (TPSA) is 79.8 Å². The van der Waals surface area contributed by atoms with Gasteiger partial charge >= 0.3 is 0 Å². The highest BCUT2D eigenvalue weighted by Gasteiger charge is 2.24. The van der Waals surface area contributed by atoms with Crippen molar-refractivity contribution in [2.75, 3.05) is 44.1 Å². The zero-order valence-electron chi connectivity index (χ0n) is 14.5. The Balaban J connectivity index is 2.28. The highest BCUT2D eigenvalue weighted by atomic mass is 32.2. The van der Waals surface area contributed by atoms with Crippen molar-refractivity contribution in [1.29, 1.82) is 0 Å². The van der Waals surface area contributed by atoms with Gasteiger partial charge in [-0.15, -0.1) is 0 Å². The molecule has 8 heteroatoms. The van der Waals surface area contributed by atoms with Gasteiger partial charge in [-0.25, -0.2) is 8.42 Å². The Morgan fingerprint density at radius 3 is 2.74 bits per heavy atom. The molecule has 0 aromatic heterocycles. The summed E-state index contributed by atoms with van der Waals surface area (Å²) >= 11 is 2.04. The summed E-state index contributed by atoms with van der Waals surface area (Å²) in [5.74, 6) is 2.07. The Morgan fingerprint density at radius 2 is 2.09 bits per heavy atom. The zero-order chi connectivity index (χ0) is 17.1. The lowest BCUT2D eigenvalue weighted by Crippen LogP contribution is -2.42. The van der Waals surface area contributed by atoms with Gasteiger partial charge < -0.3 is 15.4 Å². The first-order valence-corrected chi connectivity index (χ1v) is 11.5. The number of sulfone groups is 1. The Kier molecular flexibility index (Phi) is 9.97. The minimum atomic E-state index is -2.95. The summed E-state index contributed by atoms with van der Waals surface area (Å²) < 4.78 is 27.3. The number of hydrogen-bond donors (Lipinski definition) is 2. The monoisotopic (exact) mass is 365 g/mol. The van der Waals surface area contributed by atoms with Crippen LogP contribution in [0.5, 0.6) is 0 Å². The Hall–Kier alpha value is -0.470. The van der Waals surface area contributed by atoms with Gasteiger partial charge in [-0.1, -0.05) is 6.92 Å². The van der Waals surface area contributed by atoms with E-state index in [1.807, 2.05) is 18.7 Å². The van der Waals surface area contributed by atoms with E-state index >= 15 is 0 Å². The molecule has 0 radical (unpaired) electrons. The first kappa shape index (κ1) is 20.6. The molecule has 0 heterocycles. The van der Waals surface area contributed by atoms with Crippen LogP contribution in [0, 0.1) is 0 Å². The van der Waals surface area contributed by atoms with Gasteiger partial charge in [0.05, 0.1) is 25.5 Å². The van der Waals surface area contributed by atoms with E-state index in [2.05, 4.69) is 22.5 Å². The zero-order valence-corrected chi connectivity index (χ0v) is 16.1. The molecule has 0 aromatic rings. The number of rotatable bonds is 10. The minimum Gasteiger partial charge on any atom is -0.378 e. The Labute approximate surface area is 145 Å². The lowest BCUT2D eigenvalue weighted by atomic mass is 10.2. The molecule has 1 rings (SSSR count). The molecule has 1 fully saturated rings. The van der Waals surface area contributed by atoms with Gasteiger partial charge in [-0.3, -0.25) is 4.99 Å². The average Bonchev–Trinajstić information content (AvgIpc) is 2.89. The van der Waals surface area contributed by atoms with Crippen LogP contribution in [0.1, 0.15) is 33.1 Å². The van der Waals surface area contributed by atoms with Crippen LogP contribution in [-0.4, -0.2) is 69.7 Å². The first-order chi connectivity index (χ1) is 10.9. The molecule has 0 spiro atoms. The van der Waals surface area contributed by atoms with Crippen molar-refractivity contribution >= 4 is 27.6 Å². The van der Waals surface area contributed by atoms with Gasteiger partial charge in [0.25, 0.3) is 0 Å². The fourth-order valence-corrected chi connectivity index (χ4v) is 4.07. The molecule has 6 nitrogen and oxygen atoms in total. The summed E-state index contributed by atoms with van der Waals surface area (Å²) in [5, 5.41) is 7.51. The van der Waals surface area contributed by atoms with E-state index < -0.39 is 9.84 Å². The largest absolute Gasteiger partial charge is 0.378 e. The third-order valence-electron chi connectivity index (χ3n) is 3.58. The van der Waals surface area contributed by atoms with Gasteiger partial charge in [0.1, 0.15) is 9.84 Å². The number of hydrogen-bond acceptors (Lipinski definition) is 5. The molecular weight excluding hydrogens is 334 g/mol. The van der Waals surface area contributed by atoms with Crippen LogP contribution in [0.15, 0.2) is 4.99 Å². The molecular formula is C15H31N3O3S2. The van der Waals surface area contributed by atoms with E-state index in [1.165, 1.54) is 31.3 Å². The summed E-state index contributed by atoms with van der Waals surface area (Å²) in [6, 6.07) is 0.489. The van der Waals surface area contributed by atoms with Crippen molar-refractivity contribution in [2.24, 2.45) is 4.99 Å². The second kappa shape index (κ2) is 11.1. The maximum absolute atomic E-state index is 11.0. The molecule has 0 bridgehead atoms. The number of ether oxygens (including phenoxy) is 1. The third kappa shape index (κ3) is 10.1. The predicted octanol–water partition coefficient (Wildman–Crippen LogP) is 1.28. The van der Waals surface area contributed by atoms with Crippen molar-refractivity contribution in [3.05, 3.63) is 0 Å². The van der Waals surface area contributed by atoms with Gasteiger partial charge in [-0.05, 0) is 31.9 Å². The van der Waals surface area contributed by atoms with Crippen molar-refractivity contribution in [3.8, 4) is 0 Å². The molecule has 2 N–H and O–H groups in total. The first-order valence-electron chi connectivity index (χ1n) is 8.36. The van der Waals surface area contributed by atoms with Gasteiger partial charge in [0.2, 0.25) is 0 Å². The normalized spacial score (nSPS) is 22.3. The lowest BCUT2D eigenvalue weighted by molar-refractivity contribution is 0.157. The molecule has 0 aliphatic heterocycles. The summed E-state index contributed by atoms with van der Waals surface area (Å²) in [7, 11) is -2.95. The Bertz CT molecular complexity index is 455. The van der Waals surface area contributed by atoms with Crippen molar-refractivity contribution in [2.45, 2.75) is 44.4 Å². The van der Waals surface area contributed by atoms with Crippen molar-refractivity contribution in [3.63, 3.8) is 0 Å². The maximum Gasteiger partial charge on any atom is 0.191 e. The predicted molar refractivity (Wildman–Crippen MR) is 99.2 cm³/mol. The van der Waals surface area contributed by atoms with Gasteiger partial charge in [0, 0.05) is 24.1 Å². The van der Waals surface area contributed by atoms with Crippen LogP contribution < -0.4 is 10.6 Å². The van der Waals surface area contributed by atoms with E-state index in [-0.39, 0.29) is 12.4 Å². The molecule has 23 heavy (non-hydrogen) atoms. The summed E-state index contributed by atoms with van der Waals surface area (Å²) in [4.78, 5) is 4.50. The quantitative estimate of drug-likeness (QED) is 0.345. The highest BCUT2D eigenvalue weighted by molar-refractivity contribution is 7.99. The van der Waals surface area contributed by atoms with Crippen LogP contribution in [0.25, 0.3) is 0 Å². The van der Waals surface area contributed by atoms with Crippen molar-refractivity contribution in [1.82, 2.24) is 10.6 Å². The number of thioether (sulfide) groups is 1. The molecule has 1 saturated carbocycles. The van der Waals surface area contributed by atoms with Crippen LogP contribution in [0.3, 0.4) is 0 Å². The molecule has 0 aromatic carbocycles. The van der Waals surface area contributed by atoms with E-state index in [0.29, 0.717) is 19.2 Å². The second-order valence-corrected chi connectivity index (χ2v) is 9.57. The summed E-state index contributed by atoms with van der Waals surface area (Å²) in [6.45, 7) is 6.27. The van der Waals surface area contributed by atoms with E-state index in [0.717, 1.165) is 17.8 Å². The van der Waals surface area contributed by atoms with E-state index in [9.17, 15) is 8.42 Å². The van der Waals surface area contributed by atoms with Crippen LogP contribution in [-0.2, 0) is 14.6 Å². The second-order valence-electron chi connectivity index (χ2n) is 5.73. The fraction of sp³-hybridized carbons (Fsp3) is 0.933. The molecule has 2 atom stereocenters. The molecule has 0 saturated heterocycles. The lowest BCUT2D eigenvalue weighted by Gasteiger charge is -2.17. The standard InChI is InChI=1S/C15H31N3O3S2/c1-4-16-15(17-8-9-21-10-11-23(3,19)20)18-13-6-7-14(12-13)22-5-2/h13-14H,4-12H2,1-3H3,(H2,16,17,18). The number of nitrogens with zero attached hydrogens (tertiary/aromatic N) is 1. The van der Waals surface area contributed by atoms with Gasteiger partial charge in [-0.2, -0.15) is 11.8 Å². The number of guanidine groups is 1. The van der Waals surface area contributed by atoms with Crippen molar-refractivity contribution < 1.29 is 13.2 Å². The van der Waals surface area contributed by atoms with E-state index in [4.69, 9.17) is 4.74 Å².